The minimum Gasteiger partial charge on any atom is -0.464 e. The number of anilines is 4. The Morgan fingerprint density at radius 3 is 2.39 bits per heavy atom. The summed E-state index contributed by atoms with van der Waals surface area (Å²) < 4.78 is 44.6. The third kappa shape index (κ3) is 5.57. The van der Waals surface area contributed by atoms with Crippen LogP contribution in [0.15, 0.2) is 48.5 Å². The van der Waals surface area contributed by atoms with E-state index in [-0.39, 0.29) is 17.6 Å². The van der Waals surface area contributed by atoms with Crippen LogP contribution in [0.1, 0.15) is 12.5 Å². The van der Waals surface area contributed by atoms with E-state index in [1.165, 1.54) is 12.1 Å². The molecule has 174 valence electrons. The predicted molar refractivity (Wildman–Crippen MR) is 122 cm³/mol. The molecule has 7 nitrogen and oxygen atoms in total. The topological polar surface area (TPSA) is 66.4 Å². The minimum absolute atomic E-state index is 0.102. The van der Waals surface area contributed by atoms with Crippen LogP contribution in [0.2, 0.25) is 5.02 Å². The van der Waals surface area contributed by atoms with Gasteiger partial charge >= 0.3 is 12.2 Å². The van der Waals surface area contributed by atoms with Crippen molar-refractivity contribution >= 4 is 34.9 Å². The number of benzene rings is 2. The highest BCUT2D eigenvalue weighted by molar-refractivity contribution is 6.33. The maximum absolute atomic E-state index is 13.0. The molecule has 1 saturated heterocycles. The molecule has 33 heavy (non-hydrogen) atoms. The molecule has 4 rings (SSSR count). The smallest absolute Gasteiger partial charge is 0.416 e. The molecular weight excluding hydrogens is 457 g/mol. The van der Waals surface area contributed by atoms with E-state index in [1.807, 2.05) is 29.2 Å². The first kappa shape index (κ1) is 22.9. The predicted octanol–water partition coefficient (Wildman–Crippen LogP) is 5.01. The number of aromatic nitrogens is 3. The Kier molecular flexibility index (Phi) is 6.73. The van der Waals surface area contributed by atoms with Crippen molar-refractivity contribution in [1.82, 2.24) is 15.0 Å². The number of nitrogens with one attached hydrogen (secondary N) is 1. The van der Waals surface area contributed by atoms with Gasteiger partial charge in [0, 0.05) is 31.9 Å². The number of hydrogen-bond donors (Lipinski definition) is 1. The van der Waals surface area contributed by atoms with Gasteiger partial charge in [-0.1, -0.05) is 29.8 Å². The Bertz CT molecular complexity index is 1110. The molecule has 0 radical (unpaired) electrons. The average molecular weight is 479 g/mol. The second-order valence-electron chi connectivity index (χ2n) is 7.30. The lowest BCUT2D eigenvalue weighted by molar-refractivity contribution is -0.137. The van der Waals surface area contributed by atoms with Gasteiger partial charge in [0.25, 0.3) is 0 Å². The molecule has 2 aromatic carbocycles. The quantitative estimate of drug-likeness (QED) is 0.534. The molecule has 2 heterocycles. The lowest BCUT2D eigenvalue weighted by Crippen LogP contribution is -2.47. The second kappa shape index (κ2) is 9.70. The first-order valence-corrected chi connectivity index (χ1v) is 10.8. The number of halogens is 4. The summed E-state index contributed by atoms with van der Waals surface area (Å²) in [6.07, 6.45) is -4.44. The molecule has 0 amide bonds. The fourth-order valence-corrected chi connectivity index (χ4v) is 3.75. The third-order valence-corrected chi connectivity index (χ3v) is 5.40. The van der Waals surface area contributed by atoms with E-state index in [4.69, 9.17) is 16.3 Å². The zero-order chi connectivity index (χ0) is 23.4. The maximum atomic E-state index is 13.0. The molecular formula is C22H22ClF3N6O. The molecule has 0 unspecified atom stereocenters. The van der Waals surface area contributed by atoms with Crippen LogP contribution in [0.3, 0.4) is 0 Å². The summed E-state index contributed by atoms with van der Waals surface area (Å²) in [6.45, 7) is 4.80. The number of rotatable bonds is 6. The minimum atomic E-state index is -4.44. The Morgan fingerprint density at radius 2 is 1.70 bits per heavy atom. The van der Waals surface area contributed by atoms with E-state index < -0.39 is 11.7 Å². The van der Waals surface area contributed by atoms with Gasteiger partial charge in [0.05, 0.1) is 22.9 Å². The first-order chi connectivity index (χ1) is 15.8. The summed E-state index contributed by atoms with van der Waals surface area (Å²) in [5, 5.41) is 3.53. The Balaban J connectivity index is 1.53. The van der Waals surface area contributed by atoms with Crippen LogP contribution in [-0.4, -0.2) is 47.7 Å². The summed E-state index contributed by atoms with van der Waals surface area (Å²) in [5.41, 5.74) is 0.423. The normalized spacial score (nSPS) is 14.3. The van der Waals surface area contributed by atoms with E-state index in [9.17, 15) is 13.2 Å². The number of hydrogen-bond acceptors (Lipinski definition) is 7. The molecule has 1 N–H and O–H groups in total. The summed E-state index contributed by atoms with van der Waals surface area (Å²) in [6, 6.07) is 12.6. The van der Waals surface area contributed by atoms with Gasteiger partial charge in [0.1, 0.15) is 0 Å². The lowest BCUT2D eigenvalue weighted by atomic mass is 10.2. The van der Waals surface area contributed by atoms with Crippen molar-refractivity contribution in [2.75, 3.05) is 47.9 Å². The van der Waals surface area contributed by atoms with Gasteiger partial charge in [-0.2, -0.15) is 28.1 Å². The Labute approximate surface area is 194 Å². The molecule has 11 heteroatoms. The second-order valence-corrected chi connectivity index (χ2v) is 7.71. The largest absolute Gasteiger partial charge is 0.464 e. The summed E-state index contributed by atoms with van der Waals surface area (Å²) in [7, 11) is 0. The maximum Gasteiger partial charge on any atom is 0.416 e. The van der Waals surface area contributed by atoms with E-state index in [0.29, 0.717) is 43.8 Å². The molecule has 0 bridgehead atoms. The molecule has 1 fully saturated rings. The van der Waals surface area contributed by atoms with Crippen molar-refractivity contribution in [2.45, 2.75) is 13.1 Å². The van der Waals surface area contributed by atoms with Crippen molar-refractivity contribution in [2.24, 2.45) is 0 Å². The zero-order valence-corrected chi connectivity index (χ0v) is 18.6. The number of nitrogens with zero attached hydrogens (tertiary/aromatic N) is 5. The fourth-order valence-electron chi connectivity index (χ4n) is 3.49. The Hall–Kier alpha value is -3.27. The van der Waals surface area contributed by atoms with E-state index in [1.54, 1.807) is 6.92 Å². The van der Waals surface area contributed by atoms with Crippen LogP contribution in [-0.2, 0) is 6.18 Å². The first-order valence-electron chi connectivity index (χ1n) is 10.4. The Morgan fingerprint density at radius 1 is 0.970 bits per heavy atom. The summed E-state index contributed by atoms with van der Waals surface area (Å²) >= 11 is 6.32. The molecule has 0 spiro atoms. The summed E-state index contributed by atoms with van der Waals surface area (Å²) in [4.78, 5) is 17.2. The van der Waals surface area contributed by atoms with Crippen molar-refractivity contribution in [3.05, 3.63) is 59.1 Å². The molecule has 1 aliphatic heterocycles. The third-order valence-electron chi connectivity index (χ3n) is 5.08. The van der Waals surface area contributed by atoms with Gasteiger partial charge in [0.15, 0.2) is 0 Å². The van der Waals surface area contributed by atoms with Gasteiger partial charge in [-0.25, -0.2) is 0 Å². The zero-order valence-electron chi connectivity index (χ0n) is 17.8. The van der Waals surface area contributed by atoms with Crippen molar-refractivity contribution < 1.29 is 17.9 Å². The van der Waals surface area contributed by atoms with Crippen molar-refractivity contribution in [1.29, 1.82) is 0 Å². The molecule has 0 aliphatic carbocycles. The van der Waals surface area contributed by atoms with Gasteiger partial charge in [-0.3, -0.25) is 0 Å². The highest BCUT2D eigenvalue weighted by atomic mass is 35.5. The van der Waals surface area contributed by atoms with Crippen LogP contribution in [0, 0.1) is 0 Å². The van der Waals surface area contributed by atoms with Crippen LogP contribution in [0.5, 0.6) is 6.01 Å². The fraction of sp³-hybridized carbons (Fsp3) is 0.318. The molecule has 0 saturated carbocycles. The van der Waals surface area contributed by atoms with Crippen LogP contribution < -0.4 is 19.9 Å². The number of ether oxygens (including phenoxy) is 1. The van der Waals surface area contributed by atoms with E-state index in [2.05, 4.69) is 25.2 Å². The molecule has 1 aliphatic rings. The SMILES string of the molecule is CCOc1nc(Nc2cccc(C(F)(F)F)c2)nc(N2CCN(c3ccccc3Cl)CC2)n1. The highest BCUT2D eigenvalue weighted by Crippen LogP contribution is 2.31. The van der Waals surface area contributed by atoms with E-state index in [0.717, 1.165) is 17.8 Å². The number of alkyl halides is 3. The van der Waals surface area contributed by atoms with Crippen molar-refractivity contribution in [3.63, 3.8) is 0 Å². The highest BCUT2D eigenvalue weighted by Gasteiger charge is 2.30. The van der Waals surface area contributed by atoms with E-state index >= 15 is 0 Å². The molecule has 0 atom stereocenters. The number of para-hydroxylation sites is 1. The molecule has 1 aromatic heterocycles. The monoisotopic (exact) mass is 478 g/mol. The average Bonchev–Trinajstić information content (AvgIpc) is 2.79. The van der Waals surface area contributed by atoms with Gasteiger partial charge in [-0.05, 0) is 37.3 Å². The van der Waals surface area contributed by atoms with Crippen LogP contribution in [0.4, 0.5) is 36.4 Å². The summed E-state index contributed by atoms with van der Waals surface area (Å²) in [5.74, 6) is 0.498. The van der Waals surface area contributed by atoms with Gasteiger partial charge < -0.3 is 19.9 Å². The van der Waals surface area contributed by atoms with Gasteiger partial charge in [0.2, 0.25) is 11.9 Å². The molecule has 3 aromatic rings. The van der Waals surface area contributed by atoms with Crippen LogP contribution in [0.25, 0.3) is 0 Å². The lowest BCUT2D eigenvalue weighted by Gasteiger charge is -2.36. The standard InChI is InChI=1S/C22H22ClF3N6O/c1-2-33-21-29-19(27-16-7-5-6-15(14-16)22(24,25)26)28-20(30-21)32-12-10-31(11-13-32)18-9-4-3-8-17(18)23/h3-9,14H,2,10-13H2,1H3,(H,27,28,29,30). The van der Waals surface area contributed by atoms with Crippen molar-refractivity contribution in [3.8, 4) is 6.01 Å². The van der Waals surface area contributed by atoms with Gasteiger partial charge in [-0.15, -0.1) is 0 Å². The number of piperazine rings is 1. The van der Waals surface area contributed by atoms with Crippen LogP contribution >= 0.6 is 11.6 Å².